The molecule has 0 amide bonds. The second kappa shape index (κ2) is 18.6. The SMILES string of the molecule is CCCCO.COCCOCCOC. The zero-order valence-corrected chi connectivity index (χ0v) is 9.62. The van der Waals surface area contributed by atoms with Crippen LogP contribution in [0.3, 0.4) is 0 Å². The van der Waals surface area contributed by atoms with Gasteiger partial charge in [0, 0.05) is 20.8 Å². The molecular formula is C10H24O4. The molecule has 0 heterocycles. The fraction of sp³-hybridized carbons (Fsp3) is 1.00. The van der Waals surface area contributed by atoms with Gasteiger partial charge < -0.3 is 19.3 Å². The molecule has 0 aliphatic rings. The van der Waals surface area contributed by atoms with Crippen molar-refractivity contribution in [1.29, 1.82) is 0 Å². The van der Waals surface area contributed by atoms with Crippen LogP contribution in [-0.4, -0.2) is 52.4 Å². The van der Waals surface area contributed by atoms with Crippen molar-refractivity contribution in [1.82, 2.24) is 0 Å². The first-order valence-corrected chi connectivity index (χ1v) is 4.99. The topological polar surface area (TPSA) is 47.9 Å². The van der Waals surface area contributed by atoms with Crippen LogP contribution in [0.1, 0.15) is 19.8 Å². The zero-order valence-electron chi connectivity index (χ0n) is 9.62. The number of methoxy groups -OCH3 is 2. The van der Waals surface area contributed by atoms with E-state index in [2.05, 4.69) is 6.92 Å². The number of ether oxygens (including phenoxy) is 3. The summed E-state index contributed by atoms with van der Waals surface area (Å²) in [7, 11) is 3.30. The molecule has 0 aromatic rings. The third-order valence-corrected chi connectivity index (χ3v) is 1.38. The molecule has 14 heavy (non-hydrogen) atoms. The largest absolute Gasteiger partial charge is 0.396 e. The Morgan fingerprint density at radius 2 is 1.43 bits per heavy atom. The zero-order chi connectivity index (χ0) is 11.1. The van der Waals surface area contributed by atoms with Crippen LogP contribution in [0.15, 0.2) is 0 Å². The summed E-state index contributed by atoms with van der Waals surface area (Å²) in [5, 5.41) is 8.07. The van der Waals surface area contributed by atoms with Crippen molar-refractivity contribution >= 4 is 0 Å². The lowest BCUT2D eigenvalue weighted by molar-refractivity contribution is 0.0385. The molecule has 0 saturated carbocycles. The summed E-state index contributed by atoms with van der Waals surface area (Å²) >= 11 is 0. The smallest absolute Gasteiger partial charge is 0.0701 e. The van der Waals surface area contributed by atoms with Crippen molar-refractivity contribution in [3.63, 3.8) is 0 Å². The van der Waals surface area contributed by atoms with E-state index in [1.807, 2.05) is 0 Å². The van der Waals surface area contributed by atoms with Crippen molar-refractivity contribution in [2.75, 3.05) is 47.3 Å². The lowest BCUT2D eigenvalue weighted by atomic mass is 10.4. The summed E-state index contributed by atoms with van der Waals surface area (Å²) in [6.07, 6.45) is 2.04. The van der Waals surface area contributed by atoms with Crippen LogP contribution in [0.25, 0.3) is 0 Å². The van der Waals surface area contributed by atoms with Gasteiger partial charge >= 0.3 is 0 Å². The molecule has 1 N–H and O–H groups in total. The van der Waals surface area contributed by atoms with E-state index in [1.54, 1.807) is 14.2 Å². The van der Waals surface area contributed by atoms with Crippen LogP contribution < -0.4 is 0 Å². The van der Waals surface area contributed by atoms with Crippen LogP contribution in [0.2, 0.25) is 0 Å². The maximum atomic E-state index is 8.07. The van der Waals surface area contributed by atoms with Gasteiger partial charge in [0.05, 0.1) is 26.4 Å². The van der Waals surface area contributed by atoms with Crippen LogP contribution in [0, 0.1) is 0 Å². The summed E-state index contributed by atoms with van der Waals surface area (Å²) in [5.41, 5.74) is 0. The molecule has 4 nitrogen and oxygen atoms in total. The molecule has 0 atom stereocenters. The van der Waals surface area contributed by atoms with Crippen molar-refractivity contribution in [2.45, 2.75) is 19.8 Å². The Bertz CT molecular complexity index is 70.5. The highest BCUT2D eigenvalue weighted by Gasteiger charge is 1.84. The Balaban J connectivity index is 0. The Labute approximate surface area is 87.2 Å². The first-order valence-electron chi connectivity index (χ1n) is 4.99. The highest BCUT2D eigenvalue weighted by atomic mass is 16.5. The number of aliphatic hydroxyl groups is 1. The molecule has 0 saturated heterocycles. The standard InChI is InChI=1S/C6H14O3.C4H10O/c1-7-3-5-9-6-4-8-2;1-2-3-4-5/h3-6H2,1-2H3;5H,2-4H2,1H3. The monoisotopic (exact) mass is 208 g/mol. The third kappa shape index (κ3) is 22.6. The molecular weight excluding hydrogens is 184 g/mol. The van der Waals surface area contributed by atoms with Gasteiger partial charge in [-0.15, -0.1) is 0 Å². The number of hydrogen-bond acceptors (Lipinski definition) is 4. The van der Waals surface area contributed by atoms with Crippen molar-refractivity contribution in [2.24, 2.45) is 0 Å². The average molecular weight is 208 g/mol. The second-order valence-corrected chi connectivity index (χ2v) is 2.68. The number of aliphatic hydroxyl groups excluding tert-OH is 1. The maximum Gasteiger partial charge on any atom is 0.0701 e. The van der Waals surface area contributed by atoms with E-state index in [-0.39, 0.29) is 0 Å². The molecule has 88 valence electrons. The van der Waals surface area contributed by atoms with Crippen LogP contribution in [-0.2, 0) is 14.2 Å². The van der Waals surface area contributed by atoms with Gasteiger partial charge in [-0.05, 0) is 6.42 Å². The number of unbranched alkanes of at least 4 members (excludes halogenated alkanes) is 1. The predicted octanol–water partition coefficient (Wildman–Crippen LogP) is 1.07. The highest BCUT2D eigenvalue weighted by Crippen LogP contribution is 1.79. The molecule has 0 rings (SSSR count). The van der Waals surface area contributed by atoms with Gasteiger partial charge in [-0.3, -0.25) is 0 Å². The minimum absolute atomic E-state index is 0.344. The molecule has 0 aliphatic heterocycles. The van der Waals surface area contributed by atoms with Gasteiger partial charge in [0.1, 0.15) is 0 Å². The normalized spacial score (nSPS) is 9.43. The Morgan fingerprint density at radius 1 is 0.929 bits per heavy atom. The number of hydrogen-bond donors (Lipinski definition) is 1. The van der Waals surface area contributed by atoms with E-state index in [1.165, 1.54) is 0 Å². The van der Waals surface area contributed by atoms with E-state index < -0.39 is 0 Å². The predicted molar refractivity (Wildman–Crippen MR) is 56.6 cm³/mol. The van der Waals surface area contributed by atoms with Gasteiger partial charge in [-0.2, -0.15) is 0 Å². The van der Waals surface area contributed by atoms with Crippen molar-refractivity contribution in [3.05, 3.63) is 0 Å². The molecule has 0 aromatic heterocycles. The molecule has 4 heteroatoms. The van der Waals surface area contributed by atoms with Gasteiger partial charge in [0.2, 0.25) is 0 Å². The summed E-state index contributed by atoms with van der Waals surface area (Å²) < 4.78 is 14.6. The fourth-order valence-corrected chi connectivity index (χ4v) is 0.545. The Hall–Kier alpha value is -0.160. The molecule has 0 radical (unpaired) electrons. The van der Waals surface area contributed by atoms with Gasteiger partial charge in [0.25, 0.3) is 0 Å². The summed E-state index contributed by atoms with van der Waals surface area (Å²) in [6.45, 7) is 5.01. The van der Waals surface area contributed by atoms with Crippen LogP contribution in [0.5, 0.6) is 0 Å². The van der Waals surface area contributed by atoms with E-state index in [0.717, 1.165) is 12.8 Å². The maximum absolute atomic E-state index is 8.07. The summed E-state index contributed by atoms with van der Waals surface area (Å²) in [4.78, 5) is 0. The summed E-state index contributed by atoms with van der Waals surface area (Å²) in [6, 6.07) is 0. The van der Waals surface area contributed by atoms with E-state index in [9.17, 15) is 0 Å². The first kappa shape index (κ1) is 16.3. The molecule has 0 spiro atoms. The molecule has 0 bridgehead atoms. The van der Waals surface area contributed by atoms with Gasteiger partial charge in [-0.25, -0.2) is 0 Å². The van der Waals surface area contributed by atoms with Crippen molar-refractivity contribution in [3.8, 4) is 0 Å². The highest BCUT2D eigenvalue weighted by molar-refractivity contribution is 4.28. The van der Waals surface area contributed by atoms with Crippen LogP contribution in [0.4, 0.5) is 0 Å². The Kier molecular flexibility index (Phi) is 21.6. The molecule has 0 fully saturated rings. The van der Waals surface area contributed by atoms with Gasteiger partial charge in [0.15, 0.2) is 0 Å². The molecule has 0 aliphatic carbocycles. The Morgan fingerprint density at radius 3 is 1.64 bits per heavy atom. The lowest BCUT2D eigenvalue weighted by Crippen LogP contribution is -2.06. The van der Waals surface area contributed by atoms with Crippen molar-refractivity contribution < 1.29 is 19.3 Å². The van der Waals surface area contributed by atoms with E-state index >= 15 is 0 Å². The van der Waals surface area contributed by atoms with E-state index in [0.29, 0.717) is 33.0 Å². The van der Waals surface area contributed by atoms with Crippen LogP contribution >= 0.6 is 0 Å². The lowest BCUT2D eigenvalue weighted by Gasteiger charge is -2.00. The first-order chi connectivity index (χ1) is 6.83. The minimum atomic E-state index is 0.344. The fourth-order valence-electron chi connectivity index (χ4n) is 0.545. The quantitative estimate of drug-likeness (QED) is 0.606. The molecule has 0 unspecified atom stereocenters. The van der Waals surface area contributed by atoms with Gasteiger partial charge in [-0.1, -0.05) is 13.3 Å². The third-order valence-electron chi connectivity index (χ3n) is 1.38. The number of rotatable bonds is 8. The molecule has 0 aromatic carbocycles. The minimum Gasteiger partial charge on any atom is -0.396 e. The average Bonchev–Trinajstić information content (AvgIpc) is 2.20. The van der Waals surface area contributed by atoms with E-state index in [4.69, 9.17) is 19.3 Å². The summed E-state index contributed by atoms with van der Waals surface area (Å²) in [5.74, 6) is 0. The second-order valence-electron chi connectivity index (χ2n) is 2.68.